The third-order valence-electron chi connectivity index (χ3n) is 4.04. The van der Waals surface area contributed by atoms with Crippen LogP contribution in [0.15, 0.2) is 12.2 Å². The molecule has 1 saturated heterocycles. The minimum atomic E-state index is -0.831. The molecule has 0 saturated carbocycles. The van der Waals surface area contributed by atoms with Crippen LogP contribution in [0.5, 0.6) is 0 Å². The zero-order valence-electron chi connectivity index (χ0n) is 11.8. The van der Waals surface area contributed by atoms with Crippen molar-refractivity contribution in [2.75, 3.05) is 19.7 Å². The van der Waals surface area contributed by atoms with Gasteiger partial charge in [0.1, 0.15) is 0 Å². The van der Waals surface area contributed by atoms with Crippen molar-refractivity contribution in [2.24, 2.45) is 5.92 Å². The number of carboxylic acid groups (broad SMARTS) is 1. The number of carbonyl (C=O) groups is 2. The van der Waals surface area contributed by atoms with Gasteiger partial charge in [-0.1, -0.05) is 12.2 Å². The van der Waals surface area contributed by atoms with E-state index >= 15 is 0 Å². The topological polar surface area (TPSA) is 66.8 Å². The van der Waals surface area contributed by atoms with E-state index in [2.05, 4.69) is 12.2 Å². The van der Waals surface area contributed by atoms with Gasteiger partial charge in [0.25, 0.3) is 0 Å². The monoisotopic (exact) mass is 281 g/mol. The zero-order valence-corrected chi connectivity index (χ0v) is 11.8. The van der Waals surface area contributed by atoms with Gasteiger partial charge in [0.05, 0.1) is 19.1 Å². The molecule has 2 rings (SSSR count). The number of carbonyl (C=O) groups excluding carboxylic acids is 1. The normalized spacial score (nSPS) is 23.8. The molecule has 5 nitrogen and oxygen atoms in total. The first-order chi connectivity index (χ1) is 9.66. The van der Waals surface area contributed by atoms with Crippen LogP contribution >= 0.6 is 0 Å². The van der Waals surface area contributed by atoms with Crippen LogP contribution in [-0.2, 0) is 14.3 Å². The zero-order chi connectivity index (χ0) is 14.4. The van der Waals surface area contributed by atoms with Crippen LogP contribution in [0.4, 0.5) is 0 Å². The van der Waals surface area contributed by atoms with Gasteiger partial charge < -0.3 is 14.7 Å². The fourth-order valence-electron chi connectivity index (χ4n) is 2.83. The molecule has 0 radical (unpaired) electrons. The molecule has 1 aliphatic heterocycles. The second-order valence-electron chi connectivity index (χ2n) is 5.52. The molecule has 1 unspecified atom stereocenters. The Labute approximate surface area is 119 Å². The fraction of sp³-hybridized carbons (Fsp3) is 0.733. The maximum atomic E-state index is 12.3. The molecule has 1 aliphatic carbocycles. The number of aliphatic carboxylic acids is 1. The lowest BCUT2D eigenvalue weighted by Gasteiger charge is -2.34. The number of rotatable bonds is 5. The summed E-state index contributed by atoms with van der Waals surface area (Å²) in [7, 11) is 0. The van der Waals surface area contributed by atoms with Crippen molar-refractivity contribution in [3.8, 4) is 0 Å². The van der Waals surface area contributed by atoms with Crippen LogP contribution < -0.4 is 0 Å². The summed E-state index contributed by atoms with van der Waals surface area (Å²) in [6.07, 6.45) is 8.86. The first-order valence-corrected chi connectivity index (χ1v) is 7.44. The van der Waals surface area contributed by atoms with Crippen molar-refractivity contribution in [2.45, 2.75) is 44.6 Å². The highest BCUT2D eigenvalue weighted by molar-refractivity contribution is 5.79. The van der Waals surface area contributed by atoms with Crippen molar-refractivity contribution in [1.29, 1.82) is 0 Å². The Morgan fingerprint density at radius 3 is 2.55 bits per heavy atom. The molecule has 112 valence electrons. The highest BCUT2D eigenvalue weighted by Gasteiger charge is 2.28. The number of amides is 1. The fourth-order valence-corrected chi connectivity index (χ4v) is 2.83. The molecular weight excluding hydrogens is 258 g/mol. The predicted octanol–water partition coefficient (Wildman–Crippen LogP) is 1.82. The lowest BCUT2D eigenvalue weighted by molar-refractivity contribution is -0.139. The minimum absolute atomic E-state index is 0.0492. The average molecular weight is 281 g/mol. The molecule has 0 spiro atoms. The summed E-state index contributed by atoms with van der Waals surface area (Å²) in [5.74, 6) is -0.397. The van der Waals surface area contributed by atoms with Crippen LogP contribution in [0.25, 0.3) is 0 Å². The first kappa shape index (κ1) is 15.0. The van der Waals surface area contributed by atoms with Gasteiger partial charge in [0.15, 0.2) is 0 Å². The molecule has 0 aromatic carbocycles. The summed E-state index contributed by atoms with van der Waals surface area (Å²) in [4.78, 5) is 24.7. The van der Waals surface area contributed by atoms with Gasteiger partial charge in [-0.05, 0) is 32.1 Å². The first-order valence-electron chi connectivity index (χ1n) is 7.44. The van der Waals surface area contributed by atoms with Gasteiger partial charge in [-0.2, -0.15) is 0 Å². The second kappa shape index (κ2) is 7.43. The van der Waals surface area contributed by atoms with E-state index in [0.29, 0.717) is 0 Å². The van der Waals surface area contributed by atoms with Crippen molar-refractivity contribution in [3.63, 3.8) is 0 Å². The van der Waals surface area contributed by atoms with E-state index in [9.17, 15) is 9.59 Å². The number of ether oxygens (including phenoxy) is 1. The summed E-state index contributed by atoms with van der Waals surface area (Å²) in [6, 6.07) is 0. The number of likely N-dealkylation sites (tertiary alicyclic amines) is 1. The number of allylic oxidation sites excluding steroid dienone is 2. The lowest BCUT2D eigenvalue weighted by Crippen LogP contribution is -2.43. The number of hydrogen-bond donors (Lipinski definition) is 1. The molecular formula is C15H23NO4. The molecule has 1 N–H and O–H groups in total. The van der Waals surface area contributed by atoms with Crippen LogP contribution in [0, 0.1) is 5.92 Å². The number of hydrogen-bond acceptors (Lipinski definition) is 3. The molecule has 5 heteroatoms. The number of nitrogens with zero attached hydrogens (tertiary/aromatic N) is 1. The Hall–Kier alpha value is -1.36. The highest BCUT2D eigenvalue weighted by atomic mass is 16.5. The van der Waals surface area contributed by atoms with Crippen LogP contribution in [0.2, 0.25) is 0 Å². The van der Waals surface area contributed by atoms with Gasteiger partial charge in [-0.25, -0.2) is 0 Å². The third kappa shape index (κ3) is 4.34. The van der Waals surface area contributed by atoms with E-state index in [0.717, 1.165) is 45.2 Å². The molecule has 1 amide bonds. The van der Waals surface area contributed by atoms with Crippen molar-refractivity contribution in [1.82, 2.24) is 4.90 Å². The number of carboxylic acids is 1. The quantitative estimate of drug-likeness (QED) is 0.781. The summed E-state index contributed by atoms with van der Waals surface area (Å²) >= 11 is 0. The third-order valence-corrected chi connectivity index (χ3v) is 4.04. The highest BCUT2D eigenvalue weighted by Crippen LogP contribution is 2.23. The van der Waals surface area contributed by atoms with Crippen molar-refractivity contribution >= 4 is 11.9 Å². The maximum absolute atomic E-state index is 12.3. The molecule has 20 heavy (non-hydrogen) atoms. The van der Waals surface area contributed by atoms with E-state index < -0.39 is 5.97 Å². The Morgan fingerprint density at radius 1 is 1.20 bits per heavy atom. The molecule has 1 fully saturated rings. The summed E-state index contributed by atoms with van der Waals surface area (Å²) < 4.78 is 5.54. The van der Waals surface area contributed by atoms with Crippen molar-refractivity contribution in [3.05, 3.63) is 12.2 Å². The van der Waals surface area contributed by atoms with E-state index in [4.69, 9.17) is 9.84 Å². The molecule has 0 aromatic rings. The smallest absolute Gasteiger partial charge is 0.305 e. The van der Waals surface area contributed by atoms with Gasteiger partial charge in [-0.3, -0.25) is 9.59 Å². The summed E-state index contributed by atoms with van der Waals surface area (Å²) in [5, 5.41) is 8.56. The minimum Gasteiger partial charge on any atom is -0.481 e. The van der Waals surface area contributed by atoms with Crippen LogP contribution in [0.1, 0.15) is 38.5 Å². The van der Waals surface area contributed by atoms with Gasteiger partial charge in [0.2, 0.25) is 5.91 Å². The van der Waals surface area contributed by atoms with E-state index in [1.54, 1.807) is 0 Å². The second-order valence-corrected chi connectivity index (χ2v) is 5.52. The lowest BCUT2D eigenvalue weighted by atomic mass is 9.92. The summed E-state index contributed by atoms with van der Waals surface area (Å²) in [6.45, 7) is 1.73. The van der Waals surface area contributed by atoms with Gasteiger partial charge in [-0.15, -0.1) is 0 Å². The van der Waals surface area contributed by atoms with E-state index in [1.807, 2.05) is 4.90 Å². The Balaban J connectivity index is 1.69. The largest absolute Gasteiger partial charge is 0.481 e. The van der Waals surface area contributed by atoms with Crippen LogP contribution in [0.3, 0.4) is 0 Å². The predicted molar refractivity (Wildman–Crippen MR) is 74.3 cm³/mol. The van der Waals surface area contributed by atoms with Gasteiger partial charge in [0, 0.05) is 19.0 Å². The SMILES string of the molecule is O=C(O)CCOC1CCN(C(=O)C2CC=CCC2)CC1. The van der Waals surface area contributed by atoms with Crippen molar-refractivity contribution < 1.29 is 19.4 Å². The maximum Gasteiger partial charge on any atom is 0.305 e. The molecule has 2 aliphatic rings. The van der Waals surface area contributed by atoms with E-state index in [1.165, 1.54) is 0 Å². The molecule has 1 atom stereocenters. The van der Waals surface area contributed by atoms with Crippen LogP contribution in [-0.4, -0.2) is 47.7 Å². The van der Waals surface area contributed by atoms with E-state index in [-0.39, 0.29) is 31.0 Å². The standard InChI is InChI=1S/C15H23NO4/c17-14(18)8-11-20-13-6-9-16(10-7-13)15(19)12-4-2-1-3-5-12/h1-2,12-13H,3-11H2,(H,17,18). The molecule has 0 aromatic heterocycles. The average Bonchev–Trinajstić information content (AvgIpc) is 2.48. The Bertz CT molecular complexity index is 372. The summed E-state index contributed by atoms with van der Waals surface area (Å²) in [5.41, 5.74) is 0. The number of piperidine rings is 1. The van der Waals surface area contributed by atoms with Gasteiger partial charge >= 0.3 is 5.97 Å². The molecule has 0 bridgehead atoms. The Kier molecular flexibility index (Phi) is 5.59. The Morgan fingerprint density at radius 2 is 1.95 bits per heavy atom. The molecule has 1 heterocycles.